The summed E-state index contributed by atoms with van der Waals surface area (Å²) in [5.74, 6) is 0. The molecule has 1 aromatic rings. The molecule has 7 heteroatoms. The van der Waals surface area contributed by atoms with Gasteiger partial charge in [-0.2, -0.15) is 0 Å². The molecule has 0 aromatic heterocycles. The van der Waals surface area contributed by atoms with E-state index in [0.29, 0.717) is 18.8 Å². The average Bonchev–Trinajstić information content (AvgIpc) is 2.37. The van der Waals surface area contributed by atoms with Crippen LogP contribution in [-0.4, -0.2) is 39.5 Å². The van der Waals surface area contributed by atoms with Crippen LogP contribution in [-0.2, 0) is 10.0 Å². The highest BCUT2D eigenvalue weighted by Gasteiger charge is 2.17. The molecule has 3 N–H and O–H groups in total. The summed E-state index contributed by atoms with van der Waals surface area (Å²) in [6.07, 6.45) is 0. The first kappa shape index (κ1) is 16.2. The Kier molecular flexibility index (Phi) is 6.06. The van der Waals surface area contributed by atoms with E-state index in [1.165, 1.54) is 12.1 Å². The van der Waals surface area contributed by atoms with Gasteiger partial charge >= 0.3 is 0 Å². The number of likely N-dealkylation sites (N-methyl/N-ethyl adjacent to an activating group) is 1. The number of anilines is 1. The smallest absolute Gasteiger partial charge is 0.242 e. The van der Waals surface area contributed by atoms with Crippen LogP contribution in [0.2, 0.25) is 5.02 Å². The Hall–Kier alpha value is -0.820. The summed E-state index contributed by atoms with van der Waals surface area (Å²) in [6.45, 7) is 6.84. The fraction of sp³-hybridized carbons (Fsp3) is 0.500. The molecule has 0 saturated carbocycles. The highest BCUT2D eigenvalue weighted by Crippen LogP contribution is 2.23. The van der Waals surface area contributed by atoms with Gasteiger partial charge in [-0.1, -0.05) is 25.4 Å². The highest BCUT2D eigenvalue weighted by molar-refractivity contribution is 7.89. The van der Waals surface area contributed by atoms with Crippen molar-refractivity contribution in [1.82, 2.24) is 9.62 Å². The predicted molar refractivity (Wildman–Crippen MR) is 78.8 cm³/mol. The minimum absolute atomic E-state index is 0.0220. The van der Waals surface area contributed by atoms with Crippen LogP contribution < -0.4 is 10.5 Å². The van der Waals surface area contributed by atoms with Crippen molar-refractivity contribution in [1.29, 1.82) is 0 Å². The summed E-state index contributed by atoms with van der Waals surface area (Å²) in [5, 5.41) is 0.171. The van der Waals surface area contributed by atoms with Crippen molar-refractivity contribution < 1.29 is 8.42 Å². The lowest BCUT2D eigenvalue weighted by molar-refractivity contribution is 0.309. The third-order valence-corrected chi connectivity index (χ3v) is 4.80. The van der Waals surface area contributed by atoms with Gasteiger partial charge in [-0.25, -0.2) is 13.1 Å². The molecule has 0 spiro atoms. The van der Waals surface area contributed by atoms with Gasteiger partial charge in [0.15, 0.2) is 0 Å². The van der Waals surface area contributed by atoms with E-state index in [2.05, 4.69) is 9.62 Å². The SMILES string of the molecule is CCN(CC)CCNS(=O)(=O)c1cc(N)ccc1Cl. The molecule has 19 heavy (non-hydrogen) atoms. The molecule has 0 radical (unpaired) electrons. The van der Waals surface area contributed by atoms with Crippen molar-refractivity contribution >= 4 is 27.3 Å². The lowest BCUT2D eigenvalue weighted by Gasteiger charge is -2.18. The molecule has 0 aliphatic carbocycles. The lowest BCUT2D eigenvalue weighted by atomic mass is 10.3. The Bertz CT molecular complexity index is 516. The lowest BCUT2D eigenvalue weighted by Crippen LogP contribution is -2.34. The van der Waals surface area contributed by atoms with Crippen LogP contribution in [0.5, 0.6) is 0 Å². The van der Waals surface area contributed by atoms with Crippen LogP contribution in [0, 0.1) is 0 Å². The Labute approximate surface area is 119 Å². The van der Waals surface area contributed by atoms with Gasteiger partial charge < -0.3 is 10.6 Å². The Morgan fingerprint density at radius 1 is 1.32 bits per heavy atom. The zero-order chi connectivity index (χ0) is 14.5. The van der Waals surface area contributed by atoms with E-state index < -0.39 is 10.0 Å². The van der Waals surface area contributed by atoms with Crippen molar-refractivity contribution in [2.45, 2.75) is 18.7 Å². The van der Waals surface area contributed by atoms with E-state index in [4.69, 9.17) is 17.3 Å². The third-order valence-electron chi connectivity index (χ3n) is 2.86. The molecule has 0 amide bonds. The first-order chi connectivity index (χ1) is 8.90. The number of hydrogen-bond donors (Lipinski definition) is 2. The predicted octanol–water partition coefficient (Wildman–Crippen LogP) is 1.54. The van der Waals surface area contributed by atoms with Crippen LogP contribution in [0.15, 0.2) is 23.1 Å². The van der Waals surface area contributed by atoms with E-state index in [1.54, 1.807) is 6.07 Å². The zero-order valence-electron chi connectivity index (χ0n) is 11.2. The van der Waals surface area contributed by atoms with Crippen LogP contribution in [0.3, 0.4) is 0 Å². The molecule has 0 saturated heterocycles. The van der Waals surface area contributed by atoms with Gasteiger partial charge in [0.1, 0.15) is 4.90 Å². The minimum atomic E-state index is -3.61. The van der Waals surface area contributed by atoms with Crippen molar-refractivity contribution in [2.24, 2.45) is 0 Å². The zero-order valence-corrected chi connectivity index (χ0v) is 12.8. The second kappa shape index (κ2) is 7.09. The van der Waals surface area contributed by atoms with E-state index in [9.17, 15) is 8.42 Å². The fourth-order valence-corrected chi connectivity index (χ4v) is 3.24. The Morgan fingerprint density at radius 3 is 2.53 bits per heavy atom. The van der Waals surface area contributed by atoms with Crippen molar-refractivity contribution in [2.75, 3.05) is 31.9 Å². The summed E-state index contributed by atoms with van der Waals surface area (Å²) in [5.41, 5.74) is 5.95. The number of halogens is 1. The van der Waals surface area contributed by atoms with Crippen LogP contribution in [0.25, 0.3) is 0 Å². The number of nitrogen functional groups attached to an aromatic ring is 1. The third kappa shape index (κ3) is 4.65. The molecular weight excluding hydrogens is 286 g/mol. The molecule has 0 heterocycles. The molecule has 108 valence electrons. The van der Waals surface area contributed by atoms with Gasteiger partial charge in [-0.05, 0) is 31.3 Å². The number of rotatable bonds is 7. The molecular formula is C12H20ClN3O2S. The second-order valence-electron chi connectivity index (χ2n) is 4.11. The van der Waals surface area contributed by atoms with Gasteiger partial charge in [0.25, 0.3) is 0 Å². The Morgan fingerprint density at radius 2 is 1.95 bits per heavy atom. The highest BCUT2D eigenvalue weighted by atomic mass is 35.5. The van der Waals surface area contributed by atoms with Crippen LogP contribution in [0.4, 0.5) is 5.69 Å². The Balaban J connectivity index is 2.73. The van der Waals surface area contributed by atoms with E-state index in [0.717, 1.165) is 13.1 Å². The molecule has 1 aromatic carbocycles. The maximum atomic E-state index is 12.1. The number of nitrogens with one attached hydrogen (secondary N) is 1. The number of nitrogens with zero attached hydrogens (tertiary/aromatic N) is 1. The van der Waals surface area contributed by atoms with E-state index in [1.807, 2.05) is 13.8 Å². The van der Waals surface area contributed by atoms with E-state index >= 15 is 0 Å². The summed E-state index contributed by atoms with van der Waals surface area (Å²) in [4.78, 5) is 2.15. The monoisotopic (exact) mass is 305 g/mol. The van der Waals surface area contributed by atoms with Crippen molar-refractivity contribution in [3.8, 4) is 0 Å². The van der Waals surface area contributed by atoms with Gasteiger partial charge in [0.2, 0.25) is 10.0 Å². The van der Waals surface area contributed by atoms with E-state index in [-0.39, 0.29) is 9.92 Å². The van der Waals surface area contributed by atoms with Crippen LogP contribution in [0.1, 0.15) is 13.8 Å². The first-order valence-electron chi connectivity index (χ1n) is 6.17. The summed E-state index contributed by atoms with van der Waals surface area (Å²) >= 11 is 5.89. The van der Waals surface area contributed by atoms with Crippen molar-refractivity contribution in [3.63, 3.8) is 0 Å². The molecule has 0 bridgehead atoms. The second-order valence-corrected chi connectivity index (χ2v) is 6.26. The van der Waals surface area contributed by atoms with Crippen LogP contribution >= 0.6 is 11.6 Å². The molecule has 0 fully saturated rings. The molecule has 0 aliphatic heterocycles. The van der Waals surface area contributed by atoms with Crippen molar-refractivity contribution in [3.05, 3.63) is 23.2 Å². The van der Waals surface area contributed by atoms with Gasteiger partial charge in [-0.3, -0.25) is 0 Å². The average molecular weight is 306 g/mol. The summed E-state index contributed by atoms with van der Waals surface area (Å²) in [7, 11) is -3.61. The molecule has 0 unspecified atom stereocenters. The minimum Gasteiger partial charge on any atom is -0.399 e. The first-order valence-corrected chi connectivity index (χ1v) is 8.03. The molecule has 5 nitrogen and oxygen atoms in total. The molecule has 0 atom stereocenters. The van der Waals surface area contributed by atoms with Gasteiger partial charge in [0, 0.05) is 18.8 Å². The normalized spacial score (nSPS) is 12.0. The fourth-order valence-electron chi connectivity index (χ4n) is 1.68. The number of nitrogens with two attached hydrogens (primary N) is 1. The summed E-state index contributed by atoms with van der Waals surface area (Å²) < 4.78 is 26.7. The largest absolute Gasteiger partial charge is 0.399 e. The van der Waals surface area contributed by atoms with Gasteiger partial charge in [0.05, 0.1) is 5.02 Å². The standard InChI is InChI=1S/C12H20ClN3O2S/c1-3-16(4-2)8-7-15-19(17,18)12-9-10(14)5-6-11(12)13/h5-6,9,15H,3-4,7-8,14H2,1-2H3. The topological polar surface area (TPSA) is 75.4 Å². The van der Waals surface area contributed by atoms with Gasteiger partial charge in [-0.15, -0.1) is 0 Å². The quantitative estimate of drug-likeness (QED) is 0.749. The molecule has 0 aliphatic rings. The molecule has 1 rings (SSSR count). The maximum absolute atomic E-state index is 12.1. The number of benzene rings is 1. The number of hydrogen-bond acceptors (Lipinski definition) is 4. The summed E-state index contributed by atoms with van der Waals surface area (Å²) in [6, 6.07) is 4.41. The maximum Gasteiger partial charge on any atom is 0.242 e. The number of sulfonamides is 1.